The smallest absolute Gasteiger partial charge is 0.0285 e. The van der Waals surface area contributed by atoms with E-state index in [4.69, 9.17) is 0 Å². The number of halogens is 1. The molecule has 1 aromatic heterocycles. The van der Waals surface area contributed by atoms with Gasteiger partial charge in [0, 0.05) is 20.8 Å². The van der Waals surface area contributed by atoms with Crippen LogP contribution in [0.4, 0.5) is 0 Å². The van der Waals surface area contributed by atoms with E-state index in [1.807, 2.05) is 11.3 Å². The van der Waals surface area contributed by atoms with E-state index in [0.29, 0.717) is 6.04 Å². The van der Waals surface area contributed by atoms with E-state index < -0.39 is 0 Å². The van der Waals surface area contributed by atoms with Crippen LogP contribution < -0.4 is 5.32 Å². The number of rotatable bonds is 6. The first kappa shape index (κ1) is 12.6. The molecule has 2 rings (SSSR count). The van der Waals surface area contributed by atoms with Crippen LogP contribution in [0.5, 0.6) is 0 Å². The van der Waals surface area contributed by atoms with Gasteiger partial charge >= 0.3 is 0 Å². The van der Waals surface area contributed by atoms with Crippen LogP contribution >= 0.6 is 27.3 Å². The molecule has 0 aromatic carbocycles. The van der Waals surface area contributed by atoms with Crippen LogP contribution in [-0.4, -0.2) is 12.6 Å². The van der Waals surface area contributed by atoms with Gasteiger partial charge in [-0.15, -0.1) is 11.3 Å². The predicted molar refractivity (Wildman–Crippen MR) is 75.1 cm³/mol. The lowest BCUT2D eigenvalue weighted by Crippen LogP contribution is -2.34. The van der Waals surface area contributed by atoms with E-state index in [1.165, 1.54) is 41.5 Å². The summed E-state index contributed by atoms with van der Waals surface area (Å²) in [5, 5.41) is 5.81. The Balaban J connectivity index is 1.85. The summed E-state index contributed by atoms with van der Waals surface area (Å²) in [5.41, 5.74) is 0. The lowest BCUT2D eigenvalue weighted by molar-refractivity contribution is 0.260. The van der Waals surface area contributed by atoms with Crippen molar-refractivity contribution < 1.29 is 0 Å². The first-order valence-electron chi connectivity index (χ1n) is 6.24. The van der Waals surface area contributed by atoms with E-state index in [0.717, 1.165) is 12.5 Å². The summed E-state index contributed by atoms with van der Waals surface area (Å²) in [6, 6.07) is 2.94. The summed E-state index contributed by atoms with van der Waals surface area (Å²) < 4.78 is 1.23. The van der Waals surface area contributed by atoms with Gasteiger partial charge in [0.1, 0.15) is 0 Å². The van der Waals surface area contributed by atoms with Gasteiger partial charge in [0.05, 0.1) is 0 Å². The minimum Gasteiger partial charge on any atom is -0.314 e. The molecular weight excluding hydrogens is 282 g/mol. The van der Waals surface area contributed by atoms with Crippen molar-refractivity contribution in [3.63, 3.8) is 0 Å². The van der Waals surface area contributed by atoms with Crippen molar-refractivity contribution in [2.45, 2.75) is 45.1 Å². The van der Waals surface area contributed by atoms with Gasteiger partial charge in [-0.2, -0.15) is 0 Å². The van der Waals surface area contributed by atoms with E-state index >= 15 is 0 Å². The Labute approximate surface area is 111 Å². The van der Waals surface area contributed by atoms with Gasteiger partial charge in [-0.25, -0.2) is 0 Å². The summed E-state index contributed by atoms with van der Waals surface area (Å²) in [4.78, 5) is 1.50. The van der Waals surface area contributed by atoms with Gasteiger partial charge < -0.3 is 5.32 Å². The molecule has 1 aliphatic carbocycles. The van der Waals surface area contributed by atoms with Crippen LogP contribution in [-0.2, 0) is 6.42 Å². The highest BCUT2D eigenvalue weighted by atomic mass is 79.9. The third kappa shape index (κ3) is 3.57. The van der Waals surface area contributed by atoms with Gasteiger partial charge in [0.25, 0.3) is 0 Å². The molecule has 1 saturated carbocycles. The van der Waals surface area contributed by atoms with Crippen molar-refractivity contribution in [1.82, 2.24) is 5.32 Å². The molecule has 16 heavy (non-hydrogen) atoms. The maximum atomic E-state index is 3.63. The van der Waals surface area contributed by atoms with Gasteiger partial charge in [0.2, 0.25) is 0 Å². The number of likely N-dealkylation sites (N-methyl/N-ethyl adjacent to an activating group) is 1. The third-order valence-corrected chi connectivity index (χ3v) is 5.12. The van der Waals surface area contributed by atoms with Crippen LogP contribution in [0, 0.1) is 5.92 Å². The first-order chi connectivity index (χ1) is 7.78. The van der Waals surface area contributed by atoms with E-state index in [9.17, 15) is 0 Å². The Kier molecular flexibility index (Phi) is 4.86. The molecule has 1 fully saturated rings. The summed E-state index contributed by atoms with van der Waals surface area (Å²) in [6.45, 7) is 3.29. The maximum Gasteiger partial charge on any atom is 0.0285 e. The zero-order chi connectivity index (χ0) is 11.4. The Morgan fingerprint density at radius 2 is 2.38 bits per heavy atom. The second-order valence-electron chi connectivity index (χ2n) is 4.72. The Morgan fingerprint density at radius 1 is 1.56 bits per heavy atom. The number of hydrogen-bond donors (Lipinski definition) is 1. The molecule has 0 amide bonds. The van der Waals surface area contributed by atoms with E-state index in [-0.39, 0.29) is 0 Å². The Bertz CT molecular complexity index is 319. The molecular formula is C13H20BrNS. The van der Waals surface area contributed by atoms with Crippen molar-refractivity contribution in [3.8, 4) is 0 Å². The molecule has 1 unspecified atom stereocenters. The molecule has 0 saturated heterocycles. The van der Waals surface area contributed by atoms with Gasteiger partial charge in [-0.1, -0.05) is 26.2 Å². The fourth-order valence-electron chi connectivity index (χ4n) is 2.36. The lowest BCUT2D eigenvalue weighted by atomic mass is 9.80. The molecule has 1 atom stereocenters. The van der Waals surface area contributed by atoms with E-state index in [2.05, 4.69) is 39.6 Å². The highest BCUT2D eigenvalue weighted by molar-refractivity contribution is 9.10. The minimum atomic E-state index is 0.681. The third-order valence-electron chi connectivity index (χ3n) is 3.40. The van der Waals surface area contributed by atoms with Crippen molar-refractivity contribution in [1.29, 1.82) is 0 Å². The lowest BCUT2D eigenvalue weighted by Gasteiger charge is -2.30. The zero-order valence-electron chi connectivity index (χ0n) is 9.84. The molecule has 0 spiro atoms. The molecule has 0 aliphatic heterocycles. The summed E-state index contributed by atoms with van der Waals surface area (Å²) >= 11 is 5.40. The predicted octanol–water partition coefficient (Wildman–Crippen LogP) is 4.22. The maximum absolute atomic E-state index is 3.63. The highest BCUT2D eigenvalue weighted by Gasteiger charge is 2.22. The second kappa shape index (κ2) is 6.18. The molecule has 0 bridgehead atoms. The summed E-state index contributed by atoms with van der Waals surface area (Å²) in [7, 11) is 0. The molecule has 1 nitrogen and oxygen atoms in total. The largest absolute Gasteiger partial charge is 0.314 e. The van der Waals surface area contributed by atoms with Gasteiger partial charge in [-0.05, 0) is 47.3 Å². The number of nitrogens with one attached hydrogen (secondary N) is 1. The standard InChI is InChI=1S/C13H20BrNS/c1-2-15-12(6-10-4-3-5-10)8-13-7-11(14)9-16-13/h7,9-10,12,15H,2-6,8H2,1H3. The average molecular weight is 302 g/mol. The summed E-state index contributed by atoms with van der Waals surface area (Å²) in [5.74, 6) is 0.993. The van der Waals surface area contributed by atoms with E-state index in [1.54, 1.807) is 0 Å². The zero-order valence-corrected chi connectivity index (χ0v) is 12.2. The van der Waals surface area contributed by atoms with Crippen LogP contribution in [0.25, 0.3) is 0 Å². The molecule has 1 N–H and O–H groups in total. The van der Waals surface area contributed by atoms with Crippen molar-refractivity contribution in [3.05, 3.63) is 20.8 Å². The van der Waals surface area contributed by atoms with Gasteiger partial charge in [-0.3, -0.25) is 0 Å². The Hall–Kier alpha value is 0.140. The summed E-state index contributed by atoms with van der Waals surface area (Å²) in [6.07, 6.45) is 6.92. The topological polar surface area (TPSA) is 12.0 Å². The fraction of sp³-hybridized carbons (Fsp3) is 0.692. The number of hydrogen-bond acceptors (Lipinski definition) is 2. The highest BCUT2D eigenvalue weighted by Crippen LogP contribution is 2.31. The minimum absolute atomic E-state index is 0.681. The quantitative estimate of drug-likeness (QED) is 0.829. The van der Waals surface area contributed by atoms with Crippen LogP contribution in [0.2, 0.25) is 0 Å². The first-order valence-corrected chi connectivity index (χ1v) is 7.91. The van der Waals surface area contributed by atoms with Crippen molar-refractivity contribution >= 4 is 27.3 Å². The van der Waals surface area contributed by atoms with Crippen molar-refractivity contribution in [2.75, 3.05) is 6.54 Å². The normalized spacial score (nSPS) is 18.4. The molecule has 3 heteroatoms. The average Bonchev–Trinajstić information content (AvgIpc) is 2.58. The molecule has 1 heterocycles. The monoisotopic (exact) mass is 301 g/mol. The van der Waals surface area contributed by atoms with Crippen LogP contribution in [0.15, 0.2) is 15.9 Å². The van der Waals surface area contributed by atoms with Crippen LogP contribution in [0.1, 0.15) is 37.5 Å². The van der Waals surface area contributed by atoms with Crippen molar-refractivity contribution in [2.24, 2.45) is 5.92 Å². The number of thiophene rings is 1. The molecule has 1 aliphatic rings. The second-order valence-corrected chi connectivity index (χ2v) is 6.63. The fourth-order valence-corrected chi connectivity index (χ4v) is 3.89. The Morgan fingerprint density at radius 3 is 2.88 bits per heavy atom. The molecule has 1 aromatic rings. The molecule has 90 valence electrons. The SMILES string of the molecule is CCNC(Cc1cc(Br)cs1)CC1CCC1. The van der Waals surface area contributed by atoms with Gasteiger partial charge in [0.15, 0.2) is 0 Å². The molecule has 0 radical (unpaired) electrons. The van der Waals surface area contributed by atoms with Crippen LogP contribution in [0.3, 0.4) is 0 Å².